The van der Waals surface area contributed by atoms with Crippen molar-refractivity contribution in [2.45, 2.75) is 83.2 Å². The molecule has 7 unspecified atom stereocenters. The zero-order valence-electron chi connectivity index (χ0n) is 27.2. The Morgan fingerprint density at radius 3 is 2.34 bits per heavy atom. The molecule has 2 rings (SSSR count). The fraction of sp³-hybridized carbons (Fsp3) is 0.656. The molecular weight excluding hydrogens is 566 g/mol. The van der Waals surface area contributed by atoms with Crippen LogP contribution in [0.25, 0.3) is 0 Å². The zero-order valence-corrected chi connectivity index (χ0v) is 27.2. The van der Waals surface area contributed by atoms with E-state index in [1.165, 1.54) is 21.3 Å². The highest BCUT2D eigenvalue weighted by molar-refractivity contribution is 5.89. The number of nitrogens with zero attached hydrogens (tertiary/aromatic N) is 2. The summed E-state index contributed by atoms with van der Waals surface area (Å²) in [4.78, 5) is 66.7. The molecule has 5 amide bonds. The maximum atomic E-state index is 13.8. The van der Waals surface area contributed by atoms with Gasteiger partial charge in [0.05, 0.1) is 43.2 Å². The van der Waals surface area contributed by atoms with Crippen molar-refractivity contribution in [3.05, 3.63) is 35.9 Å². The molecule has 1 aliphatic rings. The Hall–Kier alpha value is -3.51. The van der Waals surface area contributed by atoms with E-state index in [2.05, 4.69) is 16.0 Å². The molecule has 246 valence electrons. The molecule has 7 atom stereocenters. The molecule has 1 aromatic rings. The van der Waals surface area contributed by atoms with Crippen LogP contribution in [0.5, 0.6) is 0 Å². The normalized spacial score (nSPS) is 18.7. The van der Waals surface area contributed by atoms with Crippen molar-refractivity contribution in [3.8, 4) is 0 Å². The van der Waals surface area contributed by atoms with Crippen molar-refractivity contribution < 1.29 is 33.4 Å². The first-order valence-corrected chi connectivity index (χ1v) is 15.4. The molecule has 3 N–H and O–H groups in total. The summed E-state index contributed by atoms with van der Waals surface area (Å²) < 4.78 is 11.7. The van der Waals surface area contributed by atoms with E-state index in [0.717, 1.165) is 18.4 Å². The van der Waals surface area contributed by atoms with Crippen LogP contribution in [0, 0.1) is 11.8 Å². The Labute approximate surface area is 261 Å². The number of hydrogen-bond acceptors (Lipinski definition) is 7. The number of carbonyl (C=O) groups is 5. The quantitative estimate of drug-likeness (QED) is 0.209. The van der Waals surface area contributed by atoms with Crippen LogP contribution in [0.4, 0.5) is 0 Å². The largest absolute Gasteiger partial charge is 0.379 e. The molecule has 1 fully saturated rings. The Morgan fingerprint density at radius 2 is 1.77 bits per heavy atom. The van der Waals surface area contributed by atoms with Crippen LogP contribution >= 0.6 is 0 Å². The molecule has 1 saturated heterocycles. The second kappa shape index (κ2) is 18.3. The molecule has 0 radical (unpaired) electrons. The first kappa shape index (κ1) is 36.7. The van der Waals surface area contributed by atoms with Crippen molar-refractivity contribution in [1.82, 2.24) is 25.8 Å². The van der Waals surface area contributed by atoms with Gasteiger partial charge in [-0.1, -0.05) is 57.5 Å². The molecule has 0 bridgehead atoms. The highest BCUT2D eigenvalue weighted by Crippen LogP contribution is 2.29. The Bertz CT molecular complexity index is 1090. The van der Waals surface area contributed by atoms with Crippen LogP contribution in [0.3, 0.4) is 0 Å². The topological polar surface area (TPSA) is 146 Å². The summed E-state index contributed by atoms with van der Waals surface area (Å²) in [6, 6.07) is 7.95. The first-order chi connectivity index (χ1) is 21.0. The van der Waals surface area contributed by atoms with Crippen LogP contribution in [-0.2, 0) is 39.9 Å². The Balaban J connectivity index is 2.19. The fourth-order valence-corrected chi connectivity index (χ4v) is 6.12. The minimum Gasteiger partial charge on any atom is -0.379 e. The predicted molar refractivity (Wildman–Crippen MR) is 166 cm³/mol. The Morgan fingerprint density at radius 1 is 1.09 bits per heavy atom. The lowest BCUT2D eigenvalue weighted by Gasteiger charge is -2.39. The summed E-state index contributed by atoms with van der Waals surface area (Å²) in [6.07, 6.45) is 1.82. The highest BCUT2D eigenvalue weighted by Gasteiger charge is 2.42. The van der Waals surface area contributed by atoms with E-state index in [1.54, 1.807) is 23.8 Å². The number of methoxy groups -OCH3 is 2. The van der Waals surface area contributed by atoms with Gasteiger partial charge in [-0.2, -0.15) is 0 Å². The van der Waals surface area contributed by atoms with E-state index < -0.39 is 30.2 Å². The van der Waals surface area contributed by atoms with E-state index in [-0.39, 0.29) is 48.6 Å². The summed E-state index contributed by atoms with van der Waals surface area (Å²) in [5.41, 5.74) is 0.917. The van der Waals surface area contributed by atoms with E-state index in [9.17, 15) is 24.0 Å². The van der Waals surface area contributed by atoms with Gasteiger partial charge in [-0.15, -0.1) is 0 Å². The zero-order chi connectivity index (χ0) is 32.8. The SMILES string of the molecule is CCC(C)C(C(CC(=O)N1CCCC1C(OC)C(C)C(=O)NC(Cc1ccccc1)C(=O)NC)OC)N(C)C(=O)CNC=O. The number of carbonyl (C=O) groups excluding carboxylic acids is 5. The number of likely N-dealkylation sites (tertiary alicyclic amines) is 1. The molecule has 1 aromatic carbocycles. The predicted octanol–water partition coefficient (Wildman–Crippen LogP) is 1.13. The molecule has 0 spiro atoms. The second-order valence-electron chi connectivity index (χ2n) is 11.5. The van der Waals surface area contributed by atoms with E-state index >= 15 is 0 Å². The lowest BCUT2D eigenvalue weighted by atomic mass is 9.90. The first-order valence-electron chi connectivity index (χ1n) is 15.4. The average molecular weight is 618 g/mol. The molecule has 0 saturated carbocycles. The van der Waals surface area contributed by atoms with Gasteiger partial charge >= 0.3 is 0 Å². The van der Waals surface area contributed by atoms with Crippen LogP contribution in [0.2, 0.25) is 0 Å². The highest BCUT2D eigenvalue weighted by atomic mass is 16.5. The number of rotatable bonds is 18. The van der Waals surface area contributed by atoms with Gasteiger partial charge < -0.3 is 35.2 Å². The molecule has 12 heteroatoms. The summed E-state index contributed by atoms with van der Waals surface area (Å²) >= 11 is 0. The van der Waals surface area contributed by atoms with Crippen LogP contribution < -0.4 is 16.0 Å². The maximum absolute atomic E-state index is 13.8. The van der Waals surface area contributed by atoms with Crippen molar-refractivity contribution in [2.24, 2.45) is 11.8 Å². The van der Waals surface area contributed by atoms with Gasteiger partial charge in [0.15, 0.2) is 0 Å². The monoisotopic (exact) mass is 617 g/mol. The van der Waals surface area contributed by atoms with Crippen molar-refractivity contribution in [2.75, 3.05) is 41.4 Å². The standard InChI is InChI=1S/C32H51N5O7/c1-8-21(2)29(36(5)28(40)19-34-20-38)26(43-6)18-27(39)37-16-12-15-25(37)30(44-7)22(3)31(41)35-24(32(42)33-4)17-23-13-10-9-11-14-23/h9-11,13-14,20-22,24-26,29-30H,8,12,15-19H2,1-7H3,(H,33,42)(H,34,38)(H,35,41). The van der Waals surface area contributed by atoms with Crippen LogP contribution in [0.1, 0.15) is 52.0 Å². The molecule has 44 heavy (non-hydrogen) atoms. The van der Waals surface area contributed by atoms with Gasteiger partial charge in [-0.25, -0.2) is 0 Å². The number of ether oxygens (including phenoxy) is 2. The molecular formula is C32H51N5O7. The number of likely N-dealkylation sites (N-methyl/N-ethyl adjacent to an activating group) is 2. The second-order valence-corrected chi connectivity index (χ2v) is 11.5. The van der Waals surface area contributed by atoms with Crippen molar-refractivity contribution in [3.63, 3.8) is 0 Å². The third-order valence-electron chi connectivity index (χ3n) is 8.80. The van der Waals surface area contributed by atoms with Gasteiger partial charge in [0.25, 0.3) is 0 Å². The molecule has 12 nitrogen and oxygen atoms in total. The minimum atomic E-state index is -0.766. The Kier molecular flexibility index (Phi) is 15.3. The van der Waals surface area contributed by atoms with Gasteiger partial charge in [0, 0.05) is 41.3 Å². The minimum absolute atomic E-state index is 0.0203. The third-order valence-corrected chi connectivity index (χ3v) is 8.80. The molecule has 1 heterocycles. The number of nitrogens with one attached hydrogen (secondary N) is 3. The summed E-state index contributed by atoms with van der Waals surface area (Å²) in [6.45, 7) is 6.12. The average Bonchev–Trinajstić information content (AvgIpc) is 3.52. The van der Waals surface area contributed by atoms with Gasteiger partial charge in [-0.3, -0.25) is 24.0 Å². The van der Waals surface area contributed by atoms with Crippen molar-refractivity contribution >= 4 is 30.0 Å². The summed E-state index contributed by atoms with van der Waals surface area (Å²) in [7, 11) is 6.25. The van der Waals surface area contributed by atoms with E-state index in [4.69, 9.17) is 9.47 Å². The van der Waals surface area contributed by atoms with Crippen molar-refractivity contribution in [1.29, 1.82) is 0 Å². The lowest BCUT2D eigenvalue weighted by Crippen LogP contribution is -2.55. The van der Waals surface area contributed by atoms with Gasteiger partial charge in [-0.05, 0) is 24.3 Å². The molecule has 0 aromatic heterocycles. The third kappa shape index (κ3) is 9.75. The van der Waals surface area contributed by atoms with Crippen LogP contribution in [-0.4, -0.2) is 112 Å². The van der Waals surface area contributed by atoms with Gasteiger partial charge in [0.2, 0.25) is 30.0 Å². The number of benzene rings is 1. The lowest BCUT2D eigenvalue weighted by molar-refractivity contribution is -0.145. The fourth-order valence-electron chi connectivity index (χ4n) is 6.12. The van der Waals surface area contributed by atoms with Crippen LogP contribution in [0.15, 0.2) is 30.3 Å². The van der Waals surface area contributed by atoms with Gasteiger partial charge in [0.1, 0.15) is 6.04 Å². The molecule has 1 aliphatic heterocycles. The van der Waals surface area contributed by atoms with E-state index in [1.807, 2.05) is 44.2 Å². The smallest absolute Gasteiger partial charge is 0.242 e. The number of amides is 5. The molecule has 0 aliphatic carbocycles. The summed E-state index contributed by atoms with van der Waals surface area (Å²) in [5, 5.41) is 7.92. The van der Waals surface area contributed by atoms with E-state index in [0.29, 0.717) is 25.8 Å². The number of hydrogen-bond donors (Lipinski definition) is 3. The maximum Gasteiger partial charge on any atom is 0.242 e. The summed E-state index contributed by atoms with van der Waals surface area (Å²) in [5.74, 6) is -1.70.